The van der Waals surface area contributed by atoms with E-state index >= 15 is 0 Å². The molecule has 88 valence electrons. The molecule has 0 aromatic carbocycles. The zero-order valence-corrected chi connectivity index (χ0v) is 9.78. The van der Waals surface area contributed by atoms with Crippen LogP contribution in [0.15, 0.2) is 0 Å². The van der Waals surface area contributed by atoms with Crippen molar-refractivity contribution in [2.24, 2.45) is 0 Å². The van der Waals surface area contributed by atoms with Crippen molar-refractivity contribution in [3.05, 3.63) is 0 Å². The Morgan fingerprint density at radius 2 is 1.21 bits per heavy atom. The molecule has 4 nitrogen and oxygen atoms in total. The summed E-state index contributed by atoms with van der Waals surface area (Å²) >= 11 is 0. The quantitative estimate of drug-likeness (QED) is 0.513. The van der Waals surface area contributed by atoms with Gasteiger partial charge in [-0.3, -0.25) is 0 Å². The SMILES string of the molecule is CC(C)(O)C(C)(C)O.CCCC(O)O. The van der Waals surface area contributed by atoms with Crippen LogP contribution in [0.3, 0.4) is 0 Å². The summed E-state index contributed by atoms with van der Waals surface area (Å²) in [4.78, 5) is 0. The predicted molar refractivity (Wildman–Crippen MR) is 55.7 cm³/mol. The van der Waals surface area contributed by atoms with Crippen molar-refractivity contribution in [3.63, 3.8) is 0 Å². The van der Waals surface area contributed by atoms with Crippen LogP contribution >= 0.6 is 0 Å². The van der Waals surface area contributed by atoms with Crippen LogP contribution in [0.25, 0.3) is 0 Å². The van der Waals surface area contributed by atoms with Crippen LogP contribution < -0.4 is 0 Å². The molecule has 0 aromatic rings. The van der Waals surface area contributed by atoms with E-state index in [1.807, 2.05) is 6.92 Å². The summed E-state index contributed by atoms with van der Waals surface area (Å²) < 4.78 is 0. The van der Waals surface area contributed by atoms with Crippen LogP contribution in [-0.4, -0.2) is 37.9 Å². The van der Waals surface area contributed by atoms with E-state index in [0.29, 0.717) is 6.42 Å². The van der Waals surface area contributed by atoms with Gasteiger partial charge in [-0.05, 0) is 34.1 Å². The molecule has 4 N–H and O–H groups in total. The molecule has 0 spiro atoms. The van der Waals surface area contributed by atoms with Gasteiger partial charge in [-0.15, -0.1) is 0 Å². The molecule has 0 radical (unpaired) electrons. The molecule has 4 heteroatoms. The fraction of sp³-hybridized carbons (Fsp3) is 1.00. The Balaban J connectivity index is 0. The highest BCUT2D eigenvalue weighted by Crippen LogP contribution is 2.19. The van der Waals surface area contributed by atoms with Crippen LogP contribution in [0.4, 0.5) is 0 Å². The first-order chi connectivity index (χ1) is 6.02. The van der Waals surface area contributed by atoms with E-state index in [4.69, 9.17) is 20.4 Å². The molecular formula is C10H24O4. The van der Waals surface area contributed by atoms with Crippen molar-refractivity contribution >= 4 is 0 Å². The number of hydrogen-bond donors (Lipinski definition) is 4. The lowest BCUT2D eigenvalue weighted by Gasteiger charge is -2.31. The van der Waals surface area contributed by atoms with Crippen LogP contribution in [-0.2, 0) is 0 Å². The van der Waals surface area contributed by atoms with Crippen molar-refractivity contribution < 1.29 is 20.4 Å². The Morgan fingerprint density at radius 3 is 1.21 bits per heavy atom. The van der Waals surface area contributed by atoms with Gasteiger partial charge in [-0.25, -0.2) is 0 Å². The molecule has 0 rings (SSSR count). The van der Waals surface area contributed by atoms with Crippen molar-refractivity contribution in [1.82, 2.24) is 0 Å². The topological polar surface area (TPSA) is 80.9 Å². The van der Waals surface area contributed by atoms with Gasteiger partial charge >= 0.3 is 0 Å². The Kier molecular flexibility index (Phi) is 7.38. The van der Waals surface area contributed by atoms with E-state index in [9.17, 15) is 0 Å². The van der Waals surface area contributed by atoms with E-state index in [-0.39, 0.29) is 0 Å². The summed E-state index contributed by atoms with van der Waals surface area (Å²) in [5.74, 6) is 0. The molecule has 0 bridgehead atoms. The van der Waals surface area contributed by atoms with E-state index in [2.05, 4.69) is 0 Å². The second-order valence-electron chi connectivity index (χ2n) is 4.39. The molecule has 0 aliphatic heterocycles. The summed E-state index contributed by atoms with van der Waals surface area (Å²) in [5.41, 5.74) is -2.01. The summed E-state index contributed by atoms with van der Waals surface area (Å²) in [5, 5.41) is 34.4. The van der Waals surface area contributed by atoms with Gasteiger partial charge in [-0.1, -0.05) is 13.3 Å². The summed E-state index contributed by atoms with van der Waals surface area (Å²) in [6.07, 6.45) is 0.215. The average Bonchev–Trinajstić information content (AvgIpc) is 1.82. The van der Waals surface area contributed by atoms with Crippen molar-refractivity contribution in [1.29, 1.82) is 0 Å². The minimum atomic E-state index is -1.10. The lowest BCUT2D eigenvalue weighted by molar-refractivity contribution is -0.107. The van der Waals surface area contributed by atoms with Gasteiger partial charge in [0.2, 0.25) is 0 Å². The number of aliphatic hydroxyl groups excluding tert-OH is 1. The Morgan fingerprint density at radius 1 is 0.929 bits per heavy atom. The summed E-state index contributed by atoms with van der Waals surface area (Å²) in [6.45, 7) is 8.21. The van der Waals surface area contributed by atoms with Crippen LogP contribution in [0.1, 0.15) is 47.5 Å². The van der Waals surface area contributed by atoms with Gasteiger partial charge < -0.3 is 20.4 Å². The third-order valence-corrected chi connectivity index (χ3v) is 2.04. The second kappa shape index (κ2) is 6.35. The van der Waals surface area contributed by atoms with Gasteiger partial charge in [0.1, 0.15) is 0 Å². The highest BCUT2D eigenvalue weighted by Gasteiger charge is 2.31. The maximum absolute atomic E-state index is 9.10. The van der Waals surface area contributed by atoms with Crippen molar-refractivity contribution in [3.8, 4) is 0 Å². The monoisotopic (exact) mass is 208 g/mol. The number of hydrogen-bond acceptors (Lipinski definition) is 4. The molecule has 0 aliphatic carbocycles. The normalized spacial score (nSPS) is 12.4. The van der Waals surface area contributed by atoms with Gasteiger partial charge in [0.15, 0.2) is 6.29 Å². The molecule has 0 fully saturated rings. The molecule has 0 heterocycles. The van der Waals surface area contributed by atoms with Gasteiger partial charge in [0.25, 0.3) is 0 Å². The lowest BCUT2D eigenvalue weighted by Crippen LogP contribution is -2.44. The molecule has 0 saturated heterocycles. The van der Waals surface area contributed by atoms with E-state index in [1.54, 1.807) is 27.7 Å². The first kappa shape index (κ1) is 16.3. The highest BCUT2D eigenvalue weighted by atomic mass is 16.5. The first-order valence-electron chi connectivity index (χ1n) is 4.83. The summed E-state index contributed by atoms with van der Waals surface area (Å²) in [7, 11) is 0. The Labute approximate surface area is 86.2 Å². The van der Waals surface area contributed by atoms with Crippen molar-refractivity contribution in [2.45, 2.75) is 65.0 Å². The minimum absolute atomic E-state index is 0.486. The first-order valence-corrected chi connectivity index (χ1v) is 4.83. The maximum atomic E-state index is 9.10. The fourth-order valence-corrected chi connectivity index (χ4v) is 0.258. The number of aliphatic hydroxyl groups is 4. The molecule has 0 atom stereocenters. The van der Waals surface area contributed by atoms with Gasteiger partial charge in [-0.2, -0.15) is 0 Å². The fourth-order valence-electron chi connectivity index (χ4n) is 0.258. The zero-order valence-electron chi connectivity index (χ0n) is 9.78. The largest absolute Gasteiger partial charge is 0.387 e. The molecule has 0 aromatic heterocycles. The lowest BCUT2D eigenvalue weighted by atomic mass is 9.90. The second-order valence-corrected chi connectivity index (χ2v) is 4.39. The summed E-state index contributed by atoms with van der Waals surface area (Å²) in [6, 6.07) is 0. The van der Waals surface area contributed by atoms with E-state index in [1.165, 1.54) is 0 Å². The zero-order chi connectivity index (χ0) is 12.0. The van der Waals surface area contributed by atoms with Crippen LogP contribution in [0.2, 0.25) is 0 Å². The van der Waals surface area contributed by atoms with Crippen molar-refractivity contribution in [2.75, 3.05) is 0 Å². The van der Waals surface area contributed by atoms with Crippen LogP contribution in [0.5, 0.6) is 0 Å². The smallest absolute Gasteiger partial charge is 0.151 e. The molecular weight excluding hydrogens is 184 g/mol. The Bertz CT molecular complexity index is 118. The molecule has 0 aliphatic rings. The molecule has 14 heavy (non-hydrogen) atoms. The molecule has 0 amide bonds. The highest BCUT2D eigenvalue weighted by molar-refractivity contribution is 4.84. The maximum Gasteiger partial charge on any atom is 0.151 e. The standard InChI is InChI=1S/C6H14O2.C4H10O2/c1-5(2,7)6(3,4)8;1-2-3-4(5)6/h7-8H,1-4H3;4-6H,2-3H2,1H3. The average molecular weight is 208 g/mol. The third kappa shape index (κ3) is 9.92. The number of rotatable bonds is 3. The predicted octanol–water partition coefficient (Wildman–Crippen LogP) is 0.625. The molecule has 0 unspecified atom stereocenters. The van der Waals surface area contributed by atoms with E-state index < -0.39 is 17.5 Å². The minimum Gasteiger partial charge on any atom is -0.387 e. The third-order valence-electron chi connectivity index (χ3n) is 2.04. The Hall–Kier alpha value is -0.160. The van der Waals surface area contributed by atoms with Gasteiger partial charge in [0, 0.05) is 0 Å². The molecule has 0 saturated carbocycles. The van der Waals surface area contributed by atoms with Crippen LogP contribution in [0, 0.1) is 0 Å². The van der Waals surface area contributed by atoms with Gasteiger partial charge in [0.05, 0.1) is 11.2 Å². The van der Waals surface area contributed by atoms with E-state index in [0.717, 1.165) is 6.42 Å².